The fourth-order valence-corrected chi connectivity index (χ4v) is 2.50. The Hall–Kier alpha value is -1.36. The first-order valence-electron chi connectivity index (χ1n) is 6.58. The summed E-state index contributed by atoms with van der Waals surface area (Å²) in [5.41, 5.74) is 1.09. The summed E-state index contributed by atoms with van der Waals surface area (Å²) < 4.78 is 0. The van der Waals surface area contributed by atoms with Gasteiger partial charge in [-0.05, 0) is 24.8 Å². The topological polar surface area (TPSA) is 69.8 Å². The molecule has 0 bridgehead atoms. The molecule has 5 nitrogen and oxygen atoms in total. The molecule has 0 aromatic carbocycles. The van der Waals surface area contributed by atoms with Crippen molar-refractivity contribution in [3.63, 3.8) is 0 Å². The van der Waals surface area contributed by atoms with Gasteiger partial charge in [-0.25, -0.2) is 4.98 Å². The van der Waals surface area contributed by atoms with E-state index >= 15 is 0 Å². The van der Waals surface area contributed by atoms with Crippen molar-refractivity contribution in [1.82, 2.24) is 20.6 Å². The third-order valence-electron chi connectivity index (χ3n) is 3.64. The highest BCUT2D eigenvalue weighted by Crippen LogP contribution is 2.29. The van der Waals surface area contributed by atoms with Crippen LogP contribution in [0.3, 0.4) is 0 Å². The van der Waals surface area contributed by atoms with Crippen LogP contribution in [0, 0.1) is 5.41 Å². The summed E-state index contributed by atoms with van der Waals surface area (Å²) in [6.07, 6.45) is 6.47. The zero-order valence-corrected chi connectivity index (χ0v) is 11.1. The quantitative estimate of drug-likeness (QED) is 0.742. The average Bonchev–Trinajstić information content (AvgIpc) is 2.81. The van der Waals surface area contributed by atoms with Gasteiger partial charge in [0.2, 0.25) is 5.91 Å². The van der Waals surface area contributed by atoms with E-state index in [-0.39, 0.29) is 17.4 Å². The minimum atomic E-state index is -0.0759. The monoisotopic (exact) mass is 250 g/mol. The van der Waals surface area contributed by atoms with Crippen LogP contribution in [-0.2, 0) is 11.2 Å². The number of carbonyl (C=O) groups is 1. The van der Waals surface area contributed by atoms with Crippen LogP contribution in [0.2, 0.25) is 0 Å². The summed E-state index contributed by atoms with van der Waals surface area (Å²) in [6.45, 7) is 5.88. The number of nitrogens with zero attached hydrogens (tertiary/aromatic N) is 1. The van der Waals surface area contributed by atoms with Gasteiger partial charge in [-0.15, -0.1) is 0 Å². The molecule has 2 rings (SSSR count). The van der Waals surface area contributed by atoms with Crippen molar-refractivity contribution in [2.24, 2.45) is 5.41 Å². The highest BCUT2D eigenvalue weighted by molar-refractivity contribution is 5.82. The smallest absolute Gasteiger partial charge is 0.237 e. The number of aromatic amines is 1. The number of hydrogen-bond donors (Lipinski definition) is 3. The fourth-order valence-electron chi connectivity index (χ4n) is 2.50. The minimum absolute atomic E-state index is 0.0380. The van der Waals surface area contributed by atoms with Gasteiger partial charge in [-0.2, -0.15) is 0 Å². The van der Waals surface area contributed by atoms with Gasteiger partial charge in [0.15, 0.2) is 0 Å². The first-order valence-corrected chi connectivity index (χ1v) is 6.58. The Morgan fingerprint density at radius 2 is 2.44 bits per heavy atom. The van der Waals surface area contributed by atoms with Gasteiger partial charge < -0.3 is 15.6 Å². The molecular weight excluding hydrogens is 228 g/mol. The number of piperidine rings is 1. The van der Waals surface area contributed by atoms with E-state index < -0.39 is 0 Å². The van der Waals surface area contributed by atoms with Crippen molar-refractivity contribution in [2.75, 3.05) is 13.1 Å². The SMILES string of the molecule is CC1(C)CCCNC1C(=O)NCCc1cnc[nH]1. The number of nitrogens with one attached hydrogen (secondary N) is 3. The largest absolute Gasteiger partial charge is 0.354 e. The molecule has 5 heteroatoms. The van der Waals surface area contributed by atoms with Gasteiger partial charge in [0.1, 0.15) is 0 Å². The Kier molecular flexibility index (Phi) is 4.01. The van der Waals surface area contributed by atoms with Gasteiger partial charge in [-0.1, -0.05) is 13.8 Å². The molecule has 1 aromatic heterocycles. The van der Waals surface area contributed by atoms with Crippen molar-refractivity contribution in [2.45, 2.75) is 39.2 Å². The van der Waals surface area contributed by atoms with Crippen molar-refractivity contribution < 1.29 is 4.79 Å². The second-order valence-electron chi connectivity index (χ2n) is 5.60. The molecule has 1 unspecified atom stereocenters. The highest BCUT2D eigenvalue weighted by atomic mass is 16.2. The summed E-state index contributed by atoms with van der Waals surface area (Å²) >= 11 is 0. The third-order valence-corrected chi connectivity index (χ3v) is 3.64. The Labute approximate surface area is 108 Å². The summed E-state index contributed by atoms with van der Waals surface area (Å²) in [5.74, 6) is 0.110. The molecule has 1 atom stereocenters. The predicted molar refractivity (Wildman–Crippen MR) is 70.1 cm³/mol. The van der Waals surface area contributed by atoms with Crippen LogP contribution in [0.1, 0.15) is 32.4 Å². The van der Waals surface area contributed by atoms with Crippen LogP contribution >= 0.6 is 0 Å². The number of rotatable bonds is 4. The van der Waals surface area contributed by atoms with E-state index in [1.807, 2.05) is 0 Å². The first-order chi connectivity index (χ1) is 8.59. The van der Waals surface area contributed by atoms with Gasteiger partial charge in [0.25, 0.3) is 0 Å². The molecule has 3 N–H and O–H groups in total. The zero-order chi connectivity index (χ0) is 13.0. The van der Waals surface area contributed by atoms with Crippen LogP contribution in [0.25, 0.3) is 0 Å². The number of H-pyrrole nitrogens is 1. The summed E-state index contributed by atoms with van der Waals surface area (Å²) in [7, 11) is 0. The average molecular weight is 250 g/mol. The van der Waals surface area contributed by atoms with E-state index in [4.69, 9.17) is 0 Å². The Morgan fingerprint density at radius 3 is 3.11 bits per heavy atom. The molecule has 2 heterocycles. The highest BCUT2D eigenvalue weighted by Gasteiger charge is 2.36. The maximum absolute atomic E-state index is 12.1. The summed E-state index contributed by atoms with van der Waals surface area (Å²) in [6, 6.07) is -0.0759. The molecule has 0 spiro atoms. The Morgan fingerprint density at radius 1 is 1.61 bits per heavy atom. The molecule has 1 aliphatic heterocycles. The number of amides is 1. The lowest BCUT2D eigenvalue weighted by molar-refractivity contribution is -0.126. The predicted octanol–water partition coefficient (Wildman–Crippen LogP) is 0.847. The molecule has 1 aromatic rings. The lowest BCUT2D eigenvalue weighted by Gasteiger charge is -2.38. The van der Waals surface area contributed by atoms with Gasteiger partial charge in [0.05, 0.1) is 12.4 Å². The normalized spacial score (nSPS) is 22.7. The lowest BCUT2D eigenvalue weighted by atomic mass is 9.77. The van der Waals surface area contributed by atoms with Crippen molar-refractivity contribution in [3.05, 3.63) is 18.2 Å². The molecule has 1 aliphatic rings. The standard InChI is InChI=1S/C13H22N4O/c1-13(2)5-3-6-15-11(13)12(18)16-7-4-10-8-14-9-17-10/h8-9,11,15H,3-7H2,1-2H3,(H,14,17)(H,16,18). The first kappa shape index (κ1) is 13.1. The van der Waals surface area contributed by atoms with Crippen LogP contribution < -0.4 is 10.6 Å². The molecule has 18 heavy (non-hydrogen) atoms. The van der Waals surface area contributed by atoms with E-state index in [0.717, 1.165) is 31.5 Å². The summed E-state index contributed by atoms with van der Waals surface area (Å²) in [5, 5.41) is 6.32. The minimum Gasteiger partial charge on any atom is -0.354 e. The van der Waals surface area contributed by atoms with Gasteiger partial charge >= 0.3 is 0 Å². The molecular formula is C13H22N4O. The van der Waals surface area contributed by atoms with Gasteiger partial charge in [0, 0.05) is 24.9 Å². The maximum Gasteiger partial charge on any atom is 0.237 e. The second-order valence-corrected chi connectivity index (χ2v) is 5.60. The second kappa shape index (κ2) is 5.52. The third kappa shape index (κ3) is 3.10. The van der Waals surface area contributed by atoms with E-state index in [1.165, 1.54) is 0 Å². The molecule has 0 saturated carbocycles. The van der Waals surface area contributed by atoms with Crippen molar-refractivity contribution in [3.8, 4) is 0 Å². The Balaban J connectivity index is 1.80. The molecule has 0 radical (unpaired) electrons. The number of carbonyl (C=O) groups excluding carboxylic acids is 1. The van der Waals surface area contributed by atoms with Crippen molar-refractivity contribution in [1.29, 1.82) is 0 Å². The molecule has 1 fully saturated rings. The molecule has 1 amide bonds. The van der Waals surface area contributed by atoms with Crippen LogP contribution in [0.5, 0.6) is 0 Å². The molecule has 100 valence electrons. The Bertz CT molecular complexity index is 386. The maximum atomic E-state index is 12.1. The van der Waals surface area contributed by atoms with Crippen LogP contribution in [0.4, 0.5) is 0 Å². The summed E-state index contributed by atoms with van der Waals surface area (Å²) in [4.78, 5) is 19.1. The van der Waals surface area contributed by atoms with Crippen LogP contribution in [0.15, 0.2) is 12.5 Å². The number of aromatic nitrogens is 2. The van der Waals surface area contributed by atoms with Gasteiger partial charge in [-0.3, -0.25) is 4.79 Å². The van der Waals surface area contributed by atoms with Crippen LogP contribution in [-0.4, -0.2) is 35.0 Å². The molecule has 0 aliphatic carbocycles. The lowest BCUT2D eigenvalue weighted by Crippen LogP contribution is -2.55. The van der Waals surface area contributed by atoms with Crippen molar-refractivity contribution >= 4 is 5.91 Å². The van der Waals surface area contributed by atoms with E-state index in [0.29, 0.717) is 6.54 Å². The fraction of sp³-hybridized carbons (Fsp3) is 0.692. The number of imidazole rings is 1. The van der Waals surface area contributed by atoms with E-state index in [9.17, 15) is 4.79 Å². The van der Waals surface area contributed by atoms with E-state index in [1.54, 1.807) is 12.5 Å². The van der Waals surface area contributed by atoms with E-state index in [2.05, 4.69) is 34.4 Å². The molecule has 1 saturated heterocycles. The zero-order valence-electron chi connectivity index (χ0n) is 11.1. The number of hydrogen-bond acceptors (Lipinski definition) is 3.